The molecule has 0 aliphatic carbocycles. The fourth-order valence-corrected chi connectivity index (χ4v) is 4.41. The maximum Gasteiger partial charge on any atom is 0.408 e. The average Bonchev–Trinajstić information content (AvgIpc) is 3.01. The van der Waals surface area contributed by atoms with Gasteiger partial charge in [-0.25, -0.2) is 19.2 Å². The molecule has 0 aliphatic rings. The van der Waals surface area contributed by atoms with Gasteiger partial charge in [-0.15, -0.1) is 0 Å². The van der Waals surface area contributed by atoms with Gasteiger partial charge in [-0.3, -0.25) is 0 Å². The topological polar surface area (TPSA) is 188 Å². The lowest BCUT2D eigenvalue weighted by Crippen LogP contribution is -2.45. The van der Waals surface area contributed by atoms with Crippen molar-refractivity contribution in [3.63, 3.8) is 0 Å². The second kappa shape index (κ2) is 16.6. The van der Waals surface area contributed by atoms with Crippen LogP contribution >= 0.6 is 0 Å². The minimum Gasteiger partial charge on any atom is -0.508 e. The Balaban J connectivity index is 1.69. The van der Waals surface area contributed by atoms with Gasteiger partial charge in [-0.2, -0.15) is 0 Å². The number of ether oxygens (including phenoxy) is 6. The van der Waals surface area contributed by atoms with Crippen molar-refractivity contribution < 1.29 is 57.8 Å². The fourth-order valence-electron chi connectivity index (χ4n) is 4.41. The molecule has 0 unspecified atom stereocenters. The minimum absolute atomic E-state index is 0.0995. The second-order valence-corrected chi connectivity index (χ2v) is 13.1. The lowest BCUT2D eigenvalue weighted by molar-refractivity contribution is -0.143. The van der Waals surface area contributed by atoms with Gasteiger partial charge < -0.3 is 49.3 Å². The Morgan fingerprint density at radius 1 is 0.620 bits per heavy atom. The zero-order valence-electron chi connectivity index (χ0n) is 29.3. The number of hydrogen-bond acceptors (Lipinski definition) is 12. The number of benzene rings is 3. The highest BCUT2D eigenvalue weighted by Gasteiger charge is 2.27. The molecular weight excluding hydrogens is 652 g/mol. The van der Waals surface area contributed by atoms with Crippen LogP contribution in [0.5, 0.6) is 34.5 Å². The summed E-state index contributed by atoms with van der Waals surface area (Å²) < 4.78 is 31.8. The number of aromatic hydroxyl groups is 2. The third kappa shape index (κ3) is 12.4. The van der Waals surface area contributed by atoms with E-state index in [9.17, 15) is 29.4 Å². The molecule has 3 rings (SSSR count). The Hall–Kier alpha value is -5.66. The Kier molecular flexibility index (Phi) is 12.9. The van der Waals surface area contributed by atoms with E-state index in [4.69, 9.17) is 28.4 Å². The van der Waals surface area contributed by atoms with Crippen molar-refractivity contribution >= 4 is 24.1 Å². The molecule has 0 radical (unpaired) electrons. The lowest BCUT2D eigenvalue weighted by atomic mass is 10.1. The first-order valence-corrected chi connectivity index (χ1v) is 15.6. The summed E-state index contributed by atoms with van der Waals surface area (Å²) in [5, 5.41) is 26.3. The number of phenolic OH excluding ortho intramolecular Hbond substituents is 2. The fraction of sp³-hybridized carbons (Fsp3) is 0.389. The van der Waals surface area contributed by atoms with Gasteiger partial charge in [-0.1, -0.05) is 24.3 Å². The molecule has 0 spiro atoms. The van der Waals surface area contributed by atoms with Crippen molar-refractivity contribution in [1.82, 2.24) is 10.6 Å². The molecule has 50 heavy (non-hydrogen) atoms. The predicted octanol–water partition coefficient (Wildman–Crippen LogP) is 5.90. The SMILES string of the molecule is COC(=O)[C@H](Cc1ccc(Oc2cc(O)cc(Oc3ccc(C[C@H](NC(=O)OC(C)(C)C)C(=O)OC)cc3)c2O)cc1)NC(=O)OC(C)(C)C. The number of phenols is 2. The Bertz CT molecular complexity index is 1520. The third-order valence-corrected chi connectivity index (χ3v) is 6.56. The summed E-state index contributed by atoms with van der Waals surface area (Å²) in [5.74, 6) is -1.55. The summed E-state index contributed by atoms with van der Waals surface area (Å²) in [6.07, 6.45) is -1.32. The first kappa shape index (κ1) is 38.8. The van der Waals surface area contributed by atoms with E-state index in [1.807, 2.05) is 0 Å². The van der Waals surface area contributed by atoms with Crippen LogP contribution in [0.15, 0.2) is 60.7 Å². The molecule has 14 heteroatoms. The number of amides is 2. The van der Waals surface area contributed by atoms with Gasteiger partial charge in [0.05, 0.1) is 14.2 Å². The summed E-state index contributed by atoms with van der Waals surface area (Å²) in [6, 6.07) is 13.4. The molecule has 0 fully saturated rings. The highest BCUT2D eigenvalue weighted by molar-refractivity contribution is 5.82. The molecule has 0 heterocycles. The van der Waals surface area contributed by atoms with Crippen LogP contribution in [0.1, 0.15) is 52.7 Å². The summed E-state index contributed by atoms with van der Waals surface area (Å²) in [4.78, 5) is 49.1. The Morgan fingerprint density at radius 2 is 0.960 bits per heavy atom. The van der Waals surface area contributed by atoms with Crippen LogP contribution in [0.2, 0.25) is 0 Å². The molecule has 0 aliphatic heterocycles. The lowest BCUT2D eigenvalue weighted by Gasteiger charge is -2.22. The molecular formula is C36H44N2O12. The molecule has 4 N–H and O–H groups in total. The molecule has 14 nitrogen and oxygen atoms in total. The normalized spacial score (nSPS) is 12.5. The highest BCUT2D eigenvalue weighted by atomic mass is 16.6. The first-order valence-electron chi connectivity index (χ1n) is 15.6. The molecule has 0 aromatic heterocycles. The third-order valence-electron chi connectivity index (χ3n) is 6.56. The van der Waals surface area contributed by atoms with Crippen molar-refractivity contribution in [2.75, 3.05) is 14.2 Å². The molecule has 0 saturated carbocycles. The van der Waals surface area contributed by atoms with E-state index in [0.717, 1.165) is 0 Å². The van der Waals surface area contributed by atoms with Crippen LogP contribution in [0.3, 0.4) is 0 Å². The number of carbonyl (C=O) groups is 4. The van der Waals surface area contributed by atoms with E-state index in [1.54, 1.807) is 90.1 Å². The maximum absolute atomic E-state index is 12.3. The molecule has 3 aromatic rings. The van der Waals surface area contributed by atoms with Crippen LogP contribution in [0, 0.1) is 0 Å². The maximum atomic E-state index is 12.3. The molecule has 270 valence electrons. The van der Waals surface area contributed by atoms with E-state index in [-0.39, 0.29) is 30.1 Å². The van der Waals surface area contributed by atoms with Gasteiger partial charge in [0.1, 0.15) is 40.5 Å². The number of carbonyl (C=O) groups excluding carboxylic acids is 4. The van der Waals surface area contributed by atoms with Crippen molar-refractivity contribution in [2.45, 2.75) is 77.7 Å². The van der Waals surface area contributed by atoms with Crippen LogP contribution in [-0.2, 0) is 41.4 Å². The number of nitrogens with one attached hydrogen (secondary N) is 2. The summed E-state index contributed by atoms with van der Waals surface area (Å²) in [6.45, 7) is 10.2. The summed E-state index contributed by atoms with van der Waals surface area (Å²) >= 11 is 0. The van der Waals surface area contributed by atoms with E-state index in [1.165, 1.54) is 26.4 Å². The standard InChI is InChI=1S/C36H44N2O12/c1-35(2,3)49-33(43)37-26(31(41)45-7)17-21-9-13-24(14-10-21)47-28-19-23(39)20-29(30(28)40)48-25-15-11-22(12-16-25)18-27(32(42)46-8)38-34(44)50-36(4,5)6/h9-16,19-20,26-27,39-40H,17-18H2,1-8H3,(H,37,43)(H,38,44)/t26-,27-/m0/s1. The smallest absolute Gasteiger partial charge is 0.408 e. The van der Waals surface area contributed by atoms with Gasteiger partial charge in [-0.05, 0) is 76.9 Å². The number of alkyl carbamates (subject to hydrolysis) is 2. The summed E-state index contributed by atoms with van der Waals surface area (Å²) in [5.41, 5.74) is -0.182. The van der Waals surface area contributed by atoms with Crippen LogP contribution in [-0.4, -0.2) is 71.8 Å². The number of rotatable bonds is 12. The number of hydrogen-bond donors (Lipinski definition) is 4. The first-order chi connectivity index (χ1) is 23.3. The van der Waals surface area contributed by atoms with Crippen molar-refractivity contribution in [1.29, 1.82) is 0 Å². The van der Waals surface area contributed by atoms with Gasteiger partial charge in [0.2, 0.25) is 5.75 Å². The molecule has 2 amide bonds. The zero-order valence-corrected chi connectivity index (χ0v) is 29.3. The zero-order chi connectivity index (χ0) is 37.2. The van der Waals surface area contributed by atoms with Crippen molar-refractivity contribution in [2.24, 2.45) is 0 Å². The monoisotopic (exact) mass is 696 g/mol. The van der Waals surface area contributed by atoms with Gasteiger partial charge in [0.15, 0.2) is 11.5 Å². The van der Waals surface area contributed by atoms with E-state index >= 15 is 0 Å². The van der Waals surface area contributed by atoms with Gasteiger partial charge in [0.25, 0.3) is 0 Å². The molecule has 3 aromatic carbocycles. The van der Waals surface area contributed by atoms with E-state index in [2.05, 4.69) is 10.6 Å². The van der Waals surface area contributed by atoms with Gasteiger partial charge in [0, 0.05) is 25.0 Å². The van der Waals surface area contributed by atoms with Crippen LogP contribution in [0.4, 0.5) is 9.59 Å². The molecule has 2 atom stereocenters. The average molecular weight is 697 g/mol. The van der Waals surface area contributed by atoms with Crippen molar-refractivity contribution in [3.05, 3.63) is 71.8 Å². The quantitative estimate of drug-likeness (QED) is 0.0999. The number of esters is 2. The minimum atomic E-state index is -1.01. The van der Waals surface area contributed by atoms with Crippen molar-refractivity contribution in [3.8, 4) is 34.5 Å². The summed E-state index contributed by atoms with van der Waals surface area (Å²) in [7, 11) is 2.43. The van der Waals surface area contributed by atoms with Crippen LogP contribution < -0.4 is 20.1 Å². The Labute approximate surface area is 290 Å². The van der Waals surface area contributed by atoms with Crippen LogP contribution in [0.25, 0.3) is 0 Å². The highest BCUT2D eigenvalue weighted by Crippen LogP contribution is 2.43. The second-order valence-electron chi connectivity index (χ2n) is 13.1. The predicted molar refractivity (Wildman–Crippen MR) is 181 cm³/mol. The number of methoxy groups -OCH3 is 2. The van der Waals surface area contributed by atoms with E-state index < -0.39 is 53.2 Å². The van der Waals surface area contributed by atoms with Gasteiger partial charge >= 0.3 is 24.1 Å². The molecule has 0 bridgehead atoms. The van der Waals surface area contributed by atoms with E-state index in [0.29, 0.717) is 22.6 Å². The largest absolute Gasteiger partial charge is 0.508 e. The Morgan fingerprint density at radius 3 is 1.26 bits per heavy atom. The molecule has 0 saturated heterocycles.